The molecule has 6 heteroatoms. The van der Waals surface area contributed by atoms with E-state index in [1.165, 1.54) is 11.9 Å². The average molecular weight is 297 g/mol. The zero-order valence-electron chi connectivity index (χ0n) is 12.9. The molecule has 1 aromatic carbocycles. The van der Waals surface area contributed by atoms with Crippen molar-refractivity contribution in [2.45, 2.75) is 26.8 Å². The smallest absolute Gasteiger partial charge is 0.251 e. The highest BCUT2D eigenvalue weighted by Crippen LogP contribution is 2.22. The minimum absolute atomic E-state index is 0.0603. The Labute approximate surface area is 128 Å². The molecule has 1 amide bonds. The van der Waals surface area contributed by atoms with E-state index in [0.717, 1.165) is 16.6 Å². The summed E-state index contributed by atoms with van der Waals surface area (Å²) in [5.74, 6) is -0.0845. The van der Waals surface area contributed by atoms with E-state index in [0.29, 0.717) is 12.1 Å². The van der Waals surface area contributed by atoms with Gasteiger partial charge < -0.3 is 10.3 Å². The van der Waals surface area contributed by atoms with Gasteiger partial charge in [-0.05, 0) is 38.5 Å². The Morgan fingerprint density at radius 1 is 1.41 bits per heavy atom. The molecule has 0 saturated carbocycles. The zero-order valence-corrected chi connectivity index (χ0v) is 12.9. The molecule has 0 aliphatic carbocycles. The third-order valence-corrected chi connectivity index (χ3v) is 4.02. The van der Waals surface area contributed by atoms with Crippen molar-refractivity contribution in [3.05, 3.63) is 47.7 Å². The molecule has 2 heterocycles. The minimum Gasteiger partial charge on any atom is -0.358 e. The first-order chi connectivity index (χ1) is 10.6. The monoisotopic (exact) mass is 297 g/mol. The summed E-state index contributed by atoms with van der Waals surface area (Å²) in [6.45, 7) is 6.60. The fourth-order valence-corrected chi connectivity index (χ4v) is 2.49. The largest absolute Gasteiger partial charge is 0.358 e. The van der Waals surface area contributed by atoms with Gasteiger partial charge in [0.15, 0.2) is 0 Å². The molecular formula is C16H19N5O. The predicted molar refractivity (Wildman–Crippen MR) is 84.8 cm³/mol. The van der Waals surface area contributed by atoms with Gasteiger partial charge in [-0.3, -0.25) is 4.79 Å². The van der Waals surface area contributed by atoms with E-state index in [2.05, 4.69) is 27.3 Å². The maximum atomic E-state index is 12.3. The molecule has 0 fully saturated rings. The van der Waals surface area contributed by atoms with Gasteiger partial charge >= 0.3 is 0 Å². The minimum atomic E-state index is -0.0845. The number of fused-ring (bicyclic) bond motifs is 1. The van der Waals surface area contributed by atoms with Gasteiger partial charge in [0.1, 0.15) is 12.7 Å². The summed E-state index contributed by atoms with van der Waals surface area (Å²) in [4.78, 5) is 19.5. The Kier molecular flexibility index (Phi) is 3.66. The molecule has 114 valence electrons. The zero-order chi connectivity index (χ0) is 15.7. The second-order valence-electron chi connectivity index (χ2n) is 5.57. The fraction of sp³-hybridized carbons (Fsp3) is 0.312. The molecule has 0 radical (unpaired) electrons. The number of aromatic nitrogens is 4. The van der Waals surface area contributed by atoms with Crippen LogP contribution in [0.1, 0.15) is 34.6 Å². The lowest BCUT2D eigenvalue weighted by atomic mass is 10.1. The molecule has 6 nitrogen and oxygen atoms in total. The summed E-state index contributed by atoms with van der Waals surface area (Å²) in [7, 11) is 0. The fourth-order valence-electron chi connectivity index (χ4n) is 2.49. The number of H-pyrrole nitrogens is 1. The van der Waals surface area contributed by atoms with Crippen LogP contribution in [0, 0.1) is 13.8 Å². The van der Waals surface area contributed by atoms with E-state index in [-0.39, 0.29) is 11.9 Å². The third kappa shape index (κ3) is 2.59. The first-order valence-corrected chi connectivity index (χ1v) is 7.27. The lowest BCUT2D eigenvalue weighted by molar-refractivity contribution is 0.0948. The number of benzene rings is 1. The highest BCUT2D eigenvalue weighted by atomic mass is 16.1. The van der Waals surface area contributed by atoms with Gasteiger partial charge in [0, 0.05) is 28.7 Å². The van der Waals surface area contributed by atoms with Crippen molar-refractivity contribution in [3.63, 3.8) is 0 Å². The average Bonchev–Trinajstić information content (AvgIpc) is 3.14. The van der Waals surface area contributed by atoms with E-state index >= 15 is 0 Å². The van der Waals surface area contributed by atoms with Crippen LogP contribution in [0.2, 0.25) is 0 Å². The van der Waals surface area contributed by atoms with Crippen LogP contribution >= 0.6 is 0 Å². The van der Waals surface area contributed by atoms with Crippen LogP contribution < -0.4 is 5.32 Å². The number of rotatable bonds is 4. The molecule has 3 rings (SSSR count). The second kappa shape index (κ2) is 5.63. The van der Waals surface area contributed by atoms with Crippen molar-refractivity contribution >= 4 is 16.8 Å². The van der Waals surface area contributed by atoms with Gasteiger partial charge in [-0.1, -0.05) is 6.07 Å². The molecule has 0 aliphatic heterocycles. The van der Waals surface area contributed by atoms with E-state index in [1.807, 2.05) is 32.0 Å². The maximum absolute atomic E-state index is 12.3. The van der Waals surface area contributed by atoms with Crippen molar-refractivity contribution in [2.75, 3.05) is 6.54 Å². The third-order valence-electron chi connectivity index (χ3n) is 4.02. The summed E-state index contributed by atoms with van der Waals surface area (Å²) in [5.41, 5.74) is 4.00. The molecule has 0 unspecified atom stereocenters. The number of nitrogens with one attached hydrogen (secondary N) is 2. The summed E-state index contributed by atoms with van der Waals surface area (Å²) in [6.07, 6.45) is 3.13. The first-order valence-electron chi connectivity index (χ1n) is 7.27. The summed E-state index contributed by atoms with van der Waals surface area (Å²) in [6, 6.07) is 5.80. The molecule has 0 saturated heterocycles. The number of hydrogen-bond acceptors (Lipinski definition) is 3. The molecular weight excluding hydrogens is 278 g/mol. The SMILES string of the molecule is Cc1[nH]c2cc(C(=O)NC[C@@H](C)n3cncn3)ccc2c1C. The van der Waals surface area contributed by atoms with Crippen LogP contribution in [0.5, 0.6) is 0 Å². The van der Waals surface area contributed by atoms with Crippen LogP contribution in [-0.4, -0.2) is 32.2 Å². The predicted octanol–water partition coefficient (Wildman–Crippen LogP) is 2.37. The van der Waals surface area contributed by atoms with Gasteiger partial charge in [0.25, 0.3) is 5.91 Å². The number of amides is 1. The summed E-state index contributed by atoms with van der Waals surface area (Å²) < 4.78 is 1.72. The normalized spacial score (nSPS) is 12.5. The topological polar surface area (TPSA) is 75.6 Å². The Bertz CT molecular complexity index is 803. The molecule has 0 aliphatic rings. The number of aromatic amines is 1. The Hall–Kier alpha value is -2.63. The van der Waals surface area contributed by atoms with Crippen LogP contribution in [0.3, 0.4) is 0 Å². The second-order valence-corrected chi connectivity index (χ2v) is 5.57. The quantitative estimate of drug-likeness (QED) is 0.776. The number of carbonyl (C=O) groups excluding carboxylic acids is 1. The number of aryl methyl sites for hydroxylation is 2. The van der Waals surface area contributed by atoms with Crippen molar-refractivity contribution in [1.29, 1.82) is 0 Å². The first kappa shape index (κ1) is 14.3. The van der Waals surface area contributed by atoms with Gasteiger partial charge in [-0.25, -0.2) is 9.67 Å². The van der Waals surface area contributed by atoms with Crippen LogP contribution in [0.15, 0.2) is 30.9 Å². The Morgan fingerprint density at radius 2 is 2.23 bits per heavy atom. The molecule has 3 aromatic rings. The van der Waals surface area contributed by atoms with Gasteiger partial charge in [-0.2, -0.15) is 5.10 Å². The van der Waals surface area contributed by atoms with E-state index in [9.17, 15) is 4.79 Å². The molecule has 1 atom stereocenters. The molecule has 0 spiro atoms. The van der Waals surface area contributed by atoms with E-state index in [4.69, 9.17) is 0 Å². The van der Waals surface area contributed by atoms with Crippen LogP contribution in [-0.2, 0) is 0 Å². The van der Waals surface area contributed by atoms with Crippen molar-refractivity contribution in [3.8, 4) is 0 Å². The van der Waals surface area contributed by atoms with Gasteiger partial charge in [0.2, 0.25) is 0 Å². The summed E-state index contributed by atoms with van der Waals surface area (Å²) in [5, 5.41) is 8.16. The Balaban J connectivity index is 1.72. The molecule has 0 bridgehead atoms. The lowest BCUT2D eigenvalue weighted by Gasteiger charge is -2.12. The van der Waals surface area contributed by atoms with Gasteiger partial charge in [-0.15, -0.1) is 0 Å². The Morgan fingerprint density at radius 3 is 2.95 bits per heavy atom. The number of hydrogen-bond donors (Lipinski definition) is 2. The standard InChI is InChI=1S/C16H19N5O/c1-10(21-9-17-8-19-21)7-18-16(22)13-4-5-14-11(2)12(3)20-15(14)6-13/h4-6,8-10,20H,7H2,1-3H3,(H,18,22)/t10-/m1/s1. The molecule has 22 heavy (non-hydrogen) atoms. The van der Waals surface area contributed by atoms with Crippen molar-refractivity contribution in [1.82, 2.24) is 25.1 Å². The lowest BCUT2D eigenvalue weighted by Crippen LogP contribution is -2.29. The highest BCUT2D eigenvalue weighted by Gasteiger charge is 2.11. The van der Waals surface area contributed by atoms with E-state index < -0.39 is 0 Å². The highest BCUT2D eigenvalue weighted by molar-refractivity contribution is 5.98. The number of carbonyl (C=O) groups is 1. The molecule has 2 aromatic heterocycles. The maximum Gasteiger partial charge on any atom is 0.251 e. The van der Waals surface area contributed by atoms with Gasteiger partial charge in [0.05, 0.1) is 6.04 Å². The summed E-state index contributed by atoms with van der Waals surface area (Å²) >= 11 is 0. The molecule has 2 N–H and O–H groups in total. The van der Waals surface area contributed by atoms with Crippen LogP contribution in [0.4, 0.5) is 0 Å². The van der Waals surface area contributed by atoms with Crippen molar-refractivity contribution in [2.24, 2.45) is 0 Å². The van der Waals surface area contributed by atoms with Crippen molar-refractivity contribution < 1.29 is 4.79 Å². The van der Waals surface area contributed by atoms with Crippen LogP contribution in [0.25, 0.3) is 10.9 Å². The number of nitrogens with zero attached hydrogens (tertiary/aromatic N) is 3. The van der Waals surface area contributed by atoms with E-state index in [1.54, 1.807) is 11.0 Å².